The zero-order chi connectivity index (χ0) is 12.4. The maximum Gasteiger partial charge on any atom is 0.0237 e. The second-order valence-corrected chi connectivity index (χ2v) is 5.85. The molecule has 1 N–H and O–H groups in total. The normalized spacial score (nSPS) is 32.4. The van der Waals surface area contributed by atoms with Crippen LogP contribution in [0.1, 0.15) is 38.2 Å². The van der Waals surface area contributed by atoms with Crippen LogP contribution >= 0.6 is 0 Å². The van der Waals surface area contributed by atoms with Crippen molar-refractivity contribution in [3.8, 4) is 0 Å². The quantitative estimate of drug-likeness (QED) is 0.879. The SMILES string of the molecule is CCC1CN(Cc2ccccc2)C2CCC(C2)N1. The number of rotatable bonds is 3. The molecule has 2 nitrogen and oxygen atoms in total. The molecule has 3 atom stereocenters. The highest BCUT2D eigenvalue weighted by Gasteiger charge is 2.34. The molecule has 0 radical (unpaired) electrons. The summed E-state index contributed by atoms with van der Waals surface area (Å²) < 4.78 is 0. The van der Waals surface area contributed by atoms with Gasteiger partial charge in [-0.3, -0.25) is 4.90 Å². The Balaban J connectivity index is 1.72. The molecule has 1 aromatic rings. The molecule has 0 aromatic heterocycles. The average molecular weight is 244 g/mol. The molecule has 1 aliphatic carbocycles. The summed E-state index contributed by atoms with van der Waals surface area (Å²) >= 11 is 0. The average Bonchev–Trinajstić information content (AvgIpc) is 2.78. The van der Waals surface area contributed by atoms with E-state index in [1.807, 2.05) is 0 Å². The van der Waals surface area contributed by atoms with Crippen LogP contribution in [0.15, 0.2) is 30.3 Å². The Morgan fingerprint density at radius 3 is 2.83 bits per heavy atom. The van der Waals surface area contributed by atoms with Gasteiger partial charge in [0.25, 0.3) is 0 Å². The predicted octanol–water partition coefficient (Wildman–Crippen LogP) is 2.79. The lowest BCUT2D eigenvalue weighted by Gasteiger charge is -2.31. The van der Waals surface area contributed by atoms with Crippen LogP contribution < -0.4 is 5.32 Å². The van der Waals surface area contributed by atoms with Gasteiger partial charge in [0.1, 0.15) is 0 Å². The molecule has 2 heteroatoms. The van der Waals surface area contributed by atoms with Crippen molar-refractivity contribution in [1.29, 1.82) is 0 Å². The third-order valence-corrected chi connectivity index (χ3v) is 4.57. The molecule has 1 saturated carbocycles. The van der Waals surface area contributed by atoms with Crippen LogP contribution in [0.4, 0.5) is 0 Å². The molecule has 2 aliphatic rings. The molecule has 3 unspecified atom stereocenters. The standard InChI is InChI=1S/C16H24N2/c1-2-14-12-18(11-13-6-4-3-5-7-13)16-9-8-15(10-16)17-14/h3-7,14-17H,2,8-12H2,1H3. The molecule has 2 bridgehead atoms. The van der Waals surface area contributed by atoms with Gasteiger partial charge in [-0.2, -0.15) is 0 Å². The Bertz CT molecular complexity index is 376. The topological polar surface area (TPSA) is 15.3 Å². The number of benzene rings is 1. The van der Waals surface area contributed by atoms with Gasteiger partial charge < -0.3 is 5.32 Å². The monoisotopic (exact) mass is 244 g/mol. The number of nitrogens with zero attached hydrogens (tertiary/aromatic N) is 1. The first kappa shape index (κ1) is 12.2. The first-order valence-corrected chi connectivity index (χ1v) is 7.39. The van der Waals surface area contributed by atoms with E-state index in [2.05, 4.69) is 47.5 Å². The molecule has 18 heavy (non-hydrogen) atoms. The van der Waals surface area contributed by atoms with Crippen molar-refractivity contribution < 1.29 is 0 Å². The van der Waals surface area contributed by atoms with E-state index in [1.54, 1.807) is 0 Å². The molecular formula is C16H24N2. The summed E-state index contributed by atoms with van der Waals surface area (Å²) in [5.41, 5.74) is 1.46. The van der Waals surface area contributed by atoms with Gasteiger partial charge in [-0.15, -0.1) is 0 Å². The van der Waals surface area contributed by atoms with Crippen molar-refractivity contribution in [2.45, 2.75) is 57.3 Å². The minimum atomic E-state index is 0.684. The fraction of sp³-hybridized carbons (Fsp3) is 0.625. The molecule has 1 heterocycles. The molecule has 1 saturated heterocycles. The summed E-state index contributed by atoms with van der Waals surface area (Å²) in [6, 6.07) is 13.2. The van der Waals surface area contributed by atoms with Gasteiger partial charge in [0.15, 0.2) is 0 Å². The second kappa shape index (κ2) is 5.41. The zero-order valence-corrected chi connectivity index (χ0v) is 11.3. The zero-order valence-electron chi connectivity index (χ0n) is 11.3. The lowest BCUT2D eigenvalue weighted by atomic mass is 10.1. The van der Waals surface area contributed by atoms with E-state index in [0.717, 1.165) is 18.6 Å². The predicted molar refractivity (Wildman–Crippen MR) is 75.5 cm³/mol. The maximum atomic E-state index is 3.83. The van der Waals surface area contributed by atoms with Crippen LogP contribution in [0.5, 0.6) is 0 Å². The minimum absolute atomic E-state index is 0.684. The molecular weight excluding hydrogens is 220 g/mol. The van der Waals surface area contributed by atoms with Gasteiger partial charge in [-0.25, -0.2) is 0 Å². The van der Waals surface area contributed by atoms with Gasteiger partial charge in [0, 0.05) is 31.2 Å². The van der Waals surface area contributed by atoms with Crippen molar-refractivity contribution >= 4 is 0 Å². The third kappa shape index (κ3) is 2.60. The summed E-state index contributed by atoms with van der Waals surface area (Å²) in [5.74, 6) is 0. The highest BCUT2D eigenvalue weighted by atomic mass is 15.2. The number of hydrogen-bond donors (Lipinski definition) is 1. The van der Waals surface area contributed by atoms with Gasteiger partial charge >= 0.3 is 0 Å². The van der Waals surface area contributed by atoms with Gasteiger partial charge in [-0.05, 0) is 31.2 Å². The van der Waals surface area contributed by atoms with Crippen LogP contribution in [-0.4, -0.2) is 29.6 Å². The molecule has 3 rings (SSSR count). The van der Waals surface area contributed by atoms with E-state index in [9.17, 15) is 0 Å². The third-order valence-electron chi connectivity index (χ3n) is 4.57. The largest absolute Gasteiger partial charge is 0.310 e. The van der Waals surface area contributed by atoms with Crippen molar-refractivity contribution in [3.05, 3.63) is 35.9 Å². The Hall–Kier alpha value is -0.860. The first-order chi connectivity index (χ1) is 8.85. The Kier molecular flexibility index (Phi) is 3.67. The van der Waals surface area contributed by atoms with E-state index in [-0.39, 0.29) is 0 Å². The summed E-state index contributed by atoms with van der Waals surface area (Å²) in [4.78, 5) is 2.71. The van der Waals surface area contributed by atoms with Gasteiger partial charge in [-0.1, -0.05) is 37.3 Å². The highest BCUT2D eigenvalue weighted by molar-refractivity contribution is 5.15. The van der Waals surface area contributed by atoms with Crippen molar-refractivity contribution in [2.75, 3.05) is 6.54 Å². The number of nitrogens with one attached hydrogen (secondary N) is 1. The fourth-order valence-electron chi connectivity index (χ4n) is 3.52. The lowest BCUT2D eigenvalue weighted by Crippen LogP contribution is -2.43. The Labute approximate surface area is 110 Å². The highest BCUT2D eigenvalue weighted by Crippen LogP contribution is 2.29. The van der Waals surface area contributed by atoms with Crippen LogP contribution in [0.2, 0.25) is 0 Å². The number of hydrogen-bond acceptors (Lipinski definition) is 2. The summed E-state index contributed by atoms with van der Waals surface area (Å²) in [6.45, 7) is 4.64. The van der Waals surface area contributed by atoms with Crippen molar-refractivity contribution in [2.24, 2.45) is 0 Å². The van der Waals surface area contributed by atoms with E-state index in [1.165, 1.54) is 37.8 Å². The molecule has 98 valence electrons. The van der Waals surface area contributed by atoms with Crippen LogP contribution in [-0.2, 0) is 6.54 Å². The Morgan fingerprint density at radius 1 is 1.22 bits per heavy atom. The lowest BCUT2D eigenvalue weighted by molar-refractivity contribution is 0.180. The summed E-state index contributed by atoms with van der Waals surface area (Å²) in [6.07, 6.45) is 5.34. The minimum Gasteiger partial charge on any atom is -0.310 e. The molecule has 2 fully saturated rings. The second-order valence-electron chi connectivity index (χ2n) is 5.85. The van der Waals surface area contributed by atoms with Gasteiger partial charge in [0.05, 0.1) is 0 Å². The molecule has 1 aliphatic heterocycles. The van der Waals surface area contributed by atoms with Crippen molar-refractivity contribution in [1.82, 2.24) is 10.2 Å². The summed E-state index contributed by atoms with van der Waals surface area (Å²) in [5, 5.41) is 3.83. The van der Waals surface area contributed by atoms with Crippen molar-refractivity contribution in [3.63, 3.8) is 0 Å². The maximum absolute atomic E-state index is 3.83. The smallest absolute Gasteiger partial charge is 0.0237 e. The first-order valence-electron chi connectivity index (χ1n) is 7.39. The van der Waals surface area contributed by atoms with E-state index in [4.69, 9.17) is 0 Å². The fourth-order valence-corrected chi connectivity index (χ4v) is 3.52. The van der Waals surface area contributed by atoms with E-state index >= 15 is 0 Å². The van der Waals surface area contributed by atoms with Crippen LogP contribution in [0, 0.1) is 0 Å². The molecule has 1 aromatic carbocycles. The summed E-state index contributed by atoms with van der Waals surface area (Å²) in [7, 11) is 0. The van der Waals surface area contributed by atoms with E-state index < -0.39 is 0 Å². The number of fused-ring (bicyclic) bond motifs is 2. The van der Waals surface area contributed by atoms with Crippen LogP contribution in [0.25, 0.3) is 0 Å². The van der Waals surface area contributed by atoms with E-state index in [0.29, 0.717) is 6.04 Å². The van der Waals surface area contributed by atoms with Gasteiger partial charge in [0.2, 0.25) is 0 Å². The Morgan fingerprint density at radius 2 is 2.06 bits per heavy atom. The molecule has 0 amide bonds. The van der Waals surface area contributed by atoms with Crippen LogP contribution in [0.3, 0.4) is 0 Å². The molecule has 0 spiro atoms.